The minimum Gasteiger partial charge on any atom is -0.357 e. The maximum Gasteiger partial charge on any atom is 0.256 e. The van der Waals surface area contributed by atoms with E-state index in [0.717, 1.165) is 34.9 Å². The largest absolute Gasteiger partial charge is 0.357 e. The smallest absolute Gasteiger partial charge is 0.256 e. The molecule has 1 atom stereocenters. The van der Waals surface area contributed by atoms with E-state index in [2.05, 4.69) is 38.3 Å². The monoisotopic (exact) mass is 388 g/mol. The van der Waals surface area contributed by atoms with Crippen molar-refractivity contribution < 1.29 is 4.79 Å². The molecule has 0 aliphatic carbocycles. The maximum absolute atomic E-state index is 12.7. The van der Waals surface area contributed by atoms with Crippen molar-refractivity contribution in [3.05, 3.63) is 54.0 Å². The van der Waals surface area contributed by atoms with Gasteiger partial charge < -0.3 is 10.3 Å². The van der Waals surface area contributed by atoms with Gasteiger partial charge in [0.05, 0.1) is 17.2 Å². The summed E-state index contributed by atoms with van der Waals surface area (Å²) in [5.74, 6) is 0.355. The number of H-pyrrole nitrogens is 1. The van der Waals surface area contributed by atoms with E-state index in [1.54, 1.807) is 10.9 Å². The predicted molar refractivity (Wildman–Crippen MR) is 114 cm³/mol. The van der Waals surface area contributed by atoms with Gasteiger partial charge >= 0.3 is 0 Å². The number of aryl methyl sites for hydroxylation is 1. The fraction of sp³-hybridized carbons (Fsp3) is 0.318. The van der Waals surface area contributed by atoms with E-state index in [-0.39, 0.29) is 5.91 Å². The highest BCUT2D eigenvalue weighted by Crippen LogP contribution is 2.23. The van der Waals surface area contributed by atoms with Crippen LogP contribution in [-0.4, -0.2) is 43.1 Å². The number of aromatic amines is 1. The van der Waals surface area contributed by atoms with Crippen LogP contribution in [0, 0.1) is 0 Å². The van der Waals surface area contributed by atoms with Crippen LogP contribution in [0.3, 0.4) is 0 Å². The van der Waals surface area contributed by atoms with Gasteiger partial charge in [0.25, 0.3) is 5.91 Å². The fourth-order valence-corrected chi connectivity index (χ4v) is 4.16. The molecule has 29 heavy (non-hydrogen) atoms. The number of nitrogens with zero attached hydrogens (tertiary/aromatic N) is 4. The van der Waals surface area contributed by atoms with E-state index < -0.39 is 0 Å². The number of rotatable bonds is 4. The Morgan fingerprint density at radius 1 is 1.24 bits per heavy atom. The van der Waals surface area contributed by atoms with E-state index in [0.29, 0.717) is 17.4 Å². The summed E-state index contributed by atoms with van der Waals surface area (Å²) in [6, 6.07) is 10.2. The van der Waals surface area contributed by atoms with Gasteiger partial charge in [-0.2, -0.15) is 5.10 Å². The molecule has 0 saturated carbocycles. The van der Waals surface area contributed by atoms with Crippen LogP contribution in [-0.2, 0) is 13.6 Å². The van der Waals surface area contributed by atoms with Crippen molar-refractivity contribution in [2.45, 2.75) is 32.4 Å². The van der Waals surface area contributed by atoms with E-state index >= 15 is 0 Å². The number of carbonyl (C=O) groups excluding carboxylic acids is 1. The van der Waals surface area contributed by atoms with Crippen molar-refractivity contribution in [3.8, 4) is 0 Å². The molecule has 5 rings (SSSR count). The molecule has 1 aliphatic heterocycles. The molecule has 0 unspecified atom stereocenters. The number of benzene rings is 1. The first kappa shape index (κ1) is 17.9. The lowest BCUT2D eigenvalue weighted by atomic mass is 10.1. The summed E-state index contributed by atoms with van der Waals surface area (Å²) in [5.41, 5.74) is 3.67. The van der Waals surface area contributed by atoms with Crippen molar-refractivity contribution in [3.63, 3.8) is 0 Å². The number of aromatic nitrogens is 4. The van der Waals surface area contributed by atoms with Crippen LogP contribution in [0.2, 0.25) is 0 Å². The SMILES string of the molecule is C[C@H]1CCCN1Cc1cc2cnc(NC(=O)c3ccc4cnn(C)c4c3)cc2[nH]1. The molecule has 7 nitrogen and oxygen atoms in total. The van der Waals surface area contributed by atoms with Crippen molar-refractivity contribution in [1.82, 2.24) is 24.6 Å². The van der Waals surface area contributed by atoms with E-state index in [4.69, 9.17) is 0 Å². The minimum absolute atomic E-state index is 0.183. The van der Waals surface area contributed by atoms with Crippen LogP contribution >= 0.6 is 0 Å². The molecule has 0 radical (unpaired) electrons. The molecule has 7 heteroatoms. The van der Waals surface area contributed by atoms with E-state index in [1.807, 2.05) is 37.5 Å². The van der Waals surface area contributed by atoms with Gasteiger partial charge in [0.1, 0.15) is 5.82 Å². The Morgan fingerprint density at radius 3 is 2.97 bits per heavy atom. The van der Waals surface area contributed by atoms with Gasteiger partial charge in [-0.15, -0.1) is 0 Å². The van der Waals surface area contributed by atoms with Gasteiger partial charge in [0.15, 0.2) is 0 Å². The first-order valence-electron chi connectivity index (χ1n) is 10.0. The van der Waals surface area contributed by atoms with Crippen molar-refractivity contribution >= 4 is 33.5 Å². The summed E-state index contributed by atoms with van der Waals surface area (Å²) in [7, 11) is 1.87. The first-order valence-corrected chi connectivity index (χ1v) is 10.0. The van der Waals surface area contributed by atoms with Crippen LogP contribution in [0.4, 0.5) is 5.82 Å². The van der Waals surface area contributed by atoms with Crippen molar-refractivity contribution in [2.24, 2.45) is 7.05 Å². The lowest BCUT2D eigenvalue weighted by Crippen LogP contribution is -2.26. The number of hydrogen-bond acceptors (Lipinski definition) is 4. The number of likely N-dealkylation sites (tertiary alicyclic amines) is 1. The zero-order valence-electron chi connectivity index (χ0n) is 16.6. The van der Waals surface area contributed by atoms with Crippen LogP contribution in [0.1, 0.15) is 35.8 Å². The lowest BCUT2D eigenvalue weighted by molar-refractivity contribution is 0.102. The van der Waals surface area contributed by atoms with Crippen LogP contribution in [0.25, 0.3) is 21.8 Å². The first-order chi connectivity index (χ1) is 14.1. The van der Waals surface area contributed by atoms with Gasteiger partial charge in [-0.05, 0) is 44.5 Å². The maximum atomic E-state index is 12.7. The number of amides is 1. The van der Waals surface area contributed by atoms with Gasteiger partial charge in [-0.25, -0.2) is 4.98 Å². The summed E-state index contributed by atoms with van der Waals surface area (Å²) in [6.07, 6.45) is 6.13. The van der Waals surface area contributed by atoms with Crippen LogP contribution < -0.4 is 5.32 Å². The molecule has 0 spiro atoms. The Hall–Kier alpha value is -3.19. The zero-order valence-corrected chi connectivity index (χ0v) is 16.6. The molecular weight excluding hydrogens is 364 g/mol. The van der Waals surface area contributed by atoms with Crippen LogP contribution in [0.15, 0.2) is 42.7 Å². The van der Waals surface area contributed by atoms with Gasteiger partial charge in [-0.3, -0.25) is 14.4 Å². The third-order valence-electron chi connectivity index (χ3n) is 5.88. The molecule has 1 aliphatic rings. The molecule has 2 N–H and O–H groups in total. The Morgan fingerprint density at radius 2 is 2.14 bits per heavy atom. The summed E-state index contributed by atoms with van der Waals surface area (Å²) in [4.78, 5) is 23.1. The Bertz CT molecular complexity index is 1210. The molecule has 1 amide bonds. The average molecular weight is 388 g/mol. The topological polar surface area (TPSA) is 78.8 Å². The molecule has 3 aromatic heterocycles. The molecule has 4 heterocycles. The average Bonchev–Trinajstić information content (AvgIpc) is 3.41. The third-order valence-corrected chi connectivity index (χ3v) is 5.88. The second-order valence-electron chi connectivity index (χ2n) is 7.91. The van der Waals surface area contributed by atoms with Crippen molar-refractivity contribution in [2.75, 3.05) is 11.9 Å². The quantitative estimate of drug-likeness (QED) is 0.559. The molecule has 148 valence electrons. The van der Waals surface area contributed by atoms with E-state index in [9.17, 15) is 4.79 Å². The van der Waals surface area contributed by atoms with Crippen LogP contribution in [0.5, 0.6) is 0 Å². The summed E-state index contributed by atoms with van der Waals surface area (Å²) in [6.45, 7) is 4.35. The lowest BCUT2D eigenvalue weighted by Gasteiger charge is -2.19. The summed E-state index contributed by atoms with van der Waals surface area (Å²) < 4.78 is 1.76. The number of fused-ring (bicyclic) bond motifs is 2. The number of anilines is 1. The molecule has 1 aromatic carbocycles. The molecule has 0 bridgehead atoms. The highest BCUT2D eigenvalue weighted by atomic mass is 16.1. The Balaban J connectivity index is 1.35. The van der Waals surface area contributed by atoms with Gasteiger partial charge in [-0.1, -0.05) is 6.07 Å². The van der Waals surface area contributed by atoms with Gasteiger partial charge in [0.2, 0.25) is 0 Å². The fourth-order valence-electron chi connectivity index (χ4n) is 4.16. The Labute approximate surface area is 168 Å². The molecule has 1 fully saturated rings. The minimum atomic E-state index is -0.183. The summed E-state index contributed by atoms with van der Waals surface area (Å²) >= 11 is 0. The highest BCUT2D eigenvalue weighted by molar-refractivity contribution is 6.06. The molecule has 1 saturated heterocycles. The molecule has 4 aromatic rings. The second-order valence-corrected chi connectivity index (χ2v) is 7.91. The normalized spacial score (nSPS) is 17.4. The summed E-state index contributed by atoms with van der Waals surface area (Å²) in [5, 5.41) is 9.19. The number of pyridine rings is 1. The van der Waals surface area contributed by atoms with Gasteiger partial charge in [0, 0.05) is 53.9 Å². The Kier molecular flexibility index (Phi) is 4.32. The number of hydrogen-bond donors (Lipinski definition) is 2. The standard InChI is InChI=1S/C22H24N6O/c1-14-4-3-7-28(14)13-18-8-17-11-23-21(10-19(17)25-18)26-22(29)15-5-6-16-12-24-27(2)20(16)9-15/h5-6,8-12,14,25H,3-4,7,13H2,1-2H3,(H,23,26,29)/t14-/m0/s1. The second kappa shape index (κ2) is 7.00. The predicted octanol–water partition coefficient (Wildman–Crippen LogP) is 3.69. The zero-order chi connectivity index (χ0) is 20.0. The highest BCUT2D eigenvalue weighted by Gasteiger charge is 2.20. The number of carbonyl (C=O) groups is 1. The molecular formula is C22H24N6O. The number of nitrogens with one attached hydrogen (secondary N) is 2. The third kappa shape index (κ3) is 3.38. The van der Waals surface area contributed by atoms with E-state index in [1.165, 1.54) is 18.5 Å². The van der Waals surface area contributed by atoms with Crippen molar-refractivity contribution in [1.29, 1.82) is 0 Å².